The second-order valence-electron chi connectivity index (χ2n) is 11.2. The third-order valence-corrected chi connectivity index (χ3v) is 8.58. The molecule has 0 aliphatic carbocycles. The van der Waals surface area contributed by atoms with E-state index in [-0.39, 0.29) is 34.0 Å². The number of aryl methyl sites for hydroxylation is 1. The van der Waals surface area contributed by atoms with Crippen LogP contribution in [-0.2, 0) is 14.4 Å². The van der Waals surface area contributed by atoms with Crippen molar-refractivity contribution < 1.29 is 33.1 Å². The summed E-state index contributed by atoms with van der Waals surface area (Å²) in [6.07, 6.45) is -0.299. The number of hydrogen-bond donors (Lipinski definition) is 7. The minimum absolute atomic E-state index is 0.0651. The molecule has 1 atom stereocenters. The molecule has 1 aromatic heterocycles. The number of benzene rings is 3. The van der Waals surface area contributed by atoms with Crippen LogP contribution in [-0.4, -0.2) is 50.0 Å². The third-order valence-electron chi connectivity index (χ3n) is 7.07. The Morgan fingerprint density at radius 1 is 1.12 bits per heavy atom. The van der Waals surface area contributed by atoms with E-state index in [4.69, 9.17) is 35.5 Å². The summed E-state index contributed by atoms with van der Waals surface area (Å²) in [4.78, 5) is 11.8. The third kappa shape index (κ3) is 8.94. The maximum atomic E-state index is 10.9. The molecule has 2 heterocycles. The number of para-hydroxylation sites is 2. The highest BCUT2D eigenvalue weighted by atomic mass is 32.3. The van der Waals surface area contributed by atoms with Gasteiger partial charge < -0.3 is 30.6 Å². The van der Waals surface area contributed by atoms with Gasteiger partial charge in [0.1, 0.15) is 11.9 Å². The number of aromatic nitrogens is 2. The average molecular weight is 695 g/mol. The zero-order valence-corrected chi connectivity index (χ0v) is 28.4. The van der Waals surface area contributed by atoms with E-state index in [1.54, 1.807) is 19.9 Å². The molecule has 3 aromatic carbocycles. The summed E-state index contributed by atoms with van der Waals surface area (Å²) in [5.41, 5.74) is 18.6. The molecule has 0 saturated carbocycles. The zero-order chi connectivity index (χ0) is 35.0. The molecule has 0 radical (unpaired) electrons. The molecule has 1 unspecified atom stereocenters. The normalized spacial score (nSPS) is 16.6. The highest BCUT2D eigenvalue weighted by Crippen LogP contribution is 2.49. The maximum Gasteiger partial charge on any atom is 0.504 e. The number of fused-ring (bicyclic) bond motifs is 1. The predicted octanol–water partition coefficient (Wildman–Crippen LogP) is 5.92. The van der Waals surface area contributed by atoms with E-state index >= 15 is 0 Å². The topological polar surface area (TPSA) is 205 Å². The van der Waals surface area contributed by atoms with Crippen molar-refractivity contribution in [3.05, 3.63) is 96.5 Å². The molecule has 9 N–H and O–H groups in total. The van der Waals surface area contributed by atoms with E-state index in [2.05, 4.69) is 25.7 Å². The molecule has 0 saturated heterocycles. The van der Waals surface area contributed by atoms with Gasteiger partial charge in [-0.05, 0) is 76.6 Å². The fourth-order valence-electron chi connectivity index (χ4n) is 4.40. The number of nitrogens with one attached hydrogen (secondary N) is 3. The Balaban J connectivity index is 1.38. The minimum atomic E-state index is -3.38. The van der Waals surface area contributed by atoms with Gasteiger partial charge in [0, 0.05) is 13.2 Å². The van der Waals surface area contributed by atoms with Gasteiger partial charge in [-0.1, -0.05) is 41.3 Å². The number of allylic oxidation sites excluding steroid dienone is 1. The molecular weight excluding hydrogens is 652 g/mol. The first-order valence-electron chi connectivity index (χ1n) is 15.5. The van der Waals surface area contributed by atoms with E-state index in [0.29, 0.717) is 42.4 Å². The molecule has 16 heteroatoms. The van der Waals surface area contributed by atoms with Crippen molar-refractivity contribution in [1.82, 2.24) is 14.5 Å². The number of nitrogens with zero attached hydrogens (tertiary/aromatic N) is 3. The maximum absolute atomic E-state index is 10.9. The Morgan fingerprint density at radius 3 is 2.55 bits per heavy atom. The van der Waals surface area contributed by atoms with Gasteiger partial charge in [-0.15, -0.1) is 10.8 Å². The van der Waals surface area contributed by atoms with Gasteiger partial charge in [0.15, 0.2) is 5.75 Å². The summed E-state index contributed by atoms with van der Waals surface area (Å²) < 4.78 is 43.7. The number of hydrazone groups is 1. The van der Waals surface area contributed by atoms with Gasteiger partial charge in [0.25, 0.3) is 5.88 Å². The van der Waals surface area contributed by atoms with Crippen molar-refractivity contribution in [2.24, 2.45) is 10.8 Å². The van der Waals surface area contributed by atoms with Crippen molar-refractivity contribution in [3.8, 4) is 17.3 Å². The number of hydrogen-bond acceptors (Lipinski definition) is 14. The molecule has 0 bridgehead atoms. The summed E-state index contributed by atoms with van der Waals surface area (Å²) in [7, 11) is -3.38. The fraction of sp³-hybridized carbons (Fsp3) is 0.273. The molecule has 49 heavy (non-hydrogen) atoms. The van der Waals surface area contributed by atoms with E-state index in [0.717, 1.165) is 5.69 Å². The van der Waals surface area contributed by atoms with Crippen molar-refractivity contribution >= 4 is 33.5 Å². The van der Waals surface area contributed by atoms with Crippen LogP contribution in [0.1, 0.15) is 32.9 Å². The molecule has 15 nitrogen and oxygen atoms in total. The molecule has 5 rings (SSSR count). The van der Waals surface area contributed by atoms with Gasteiger partial charge >= 0.3 is 6.10 Å². The first-order valence-corrected chi connectivity index (χ1v) is 17.0. The van der Waals surface area contributed by atoms with Crippen molar-refractivity contribution in [1.29, 1.82) is 0 Å². The molecular formula is C33H42N8O7S. The van der Waals surface area contributed by atoms with Crippen molar-refractivity contribution in [3.63, 3.8) is 0 Å². The summed E-state index contributed by atoms with van der Waals surface area (Å²) in [6.45, 7) is 8.10. The van der Waals surface area contributed by atoms with Crippen molar-refractivity contribution in [2.75, 3.05) is 29.6 Å². The monoisotopic (exact) mass is 694 g/mol. The Bertz CT molecular complexity index is 1770. The highest BCUT2D eigenvalue weighted by molar-refractivity contribution is 8.22. The Morgan fingerprint density at radius 2 is 1.84 bits per heavy atom. The first kappa shape index (κ1) is 35.3. The van der Waals surface area contributed by atoms with Crippen LogP contribution in [0.15, 0.2) is 101 Å². The van der Waals surface area contributed by atoms with Crippen LogP contribution in [0.3, 0.4) is 0 Å². The fourth-order valence-corrected chi connectivity index (χ4v) is 5.53. The zero-order valence-electron chi connectivity index (χ0n) is 27.6. The number of nitrogen functional groups attached to an aromatic ring is 1. The molecule has 4 aromatic rings. The van der Waals surface area contributed by atoms with Crippen LogP contribution in [0.2, 0.25) is 0 Å². The molecule has 1 aliphatic rings. The lowest BCUT2D eigenvalue weighted by molar-refractivity contribution is -0.421. The van der Waals surface area contributed by atoms with Gasteiger partial charge in [0.05, 0.1) is 45.2 Å². The van der Waals surface area contributed by atoms with Gasteiger partial charge in [-0.2, -0.15) is 14.9 Å². The van der Waals surface area contributed by atoms with Crippen LogP contribution in [0, 0.1) is 6.92 Å². The Labute approximate surface area is 286 Å². The highest BCUT2D eigenvalue weighted by Gasteiger charge is 2.46. The molecule has 262 valence electrons. The van der Waals surface area contributed by atoms with Gasteiger partial charge in [-0.3, -0.25) is 19.8 Å². The summed E-state index contributed by atoms with van der Waals surface area (Å²) in [5, 5.41) is 11.8. The summed E-state index contributed by atoms with van der Waals surface area (Å²) >= 11 is 0. The average Bonchev–Trinajstić information content (AvgIpc) is 3.61. The van der Waals surface area contributed by atoms with Gasteiger partial charge in [0.2, 0.25) is 0 Å². The van der Waals surface area contributed by atoms with Crippen molar-refractivity contribution in [2.45, 2.75) is 51.2 Å². The van der Waals surface area contributed by atoms with E-state index in [9.17, 15) is 9.11 Å². The standard InChI is InChI=1S/C33H42N8O7S/c1-22(2)44-19-11-18-36-49(42,43)27-16-17-30-29(20-27)37-33(46-30,45-21-28(34)23(3)38-39-25-12-7-5-8-13-25)48-47-32-31(35)24(4)40-41(32)26-14-9-6-10-15-26/h5-10,12-17,20-22,36-37,39,42-43H,11,18-19,34-35H2,1-4H3/b28-21-,38-23-. The van der Waals surface area contributed by atoms with E-state index in [1.807, 2.05) is 74.5 Å². The number of ether oxygens (including phenoxy) is 3. The minimum Gasteiger partial charge on any atom is -0.416 e. The molecule has 0 amide bonds. The van der Waals surface area contributed by atoms with Crippen LogP contribution in [0.25, 0.3) is 5.69 Å². The molecule has 0 spiro atoms. The van der Waals surface area contributed by atoms with Crippen LogP contribution < -0.4 is 36.6 Å². The van der Waals surface area contributed by atoms with Crippen LogP contribution >= 0.6 is 10.8 Å². The number of anilines is 3. The largest absolute Gasteiger partial charge is 0.504 e. The van der Waals surface area contributed by atoms with Crippen LogP contribution in [0.5, 0.6) is 11.6 Å². The molecule has 0 fully saturated rings. The Kier molecular flexibility index (Phi) is 11.2. The number of rotatable bonds is 16. The lowest BCUT2D eigenvalue weighted by Crippen LogP contribution is -2.46. The summed E-state index contributed by atoms with van der Waals surface area (Å²) in [6, 6.07) is 23.1. The number of nitrogens with two attached hydrogens (primary N) is 2. The lowest BCUT2D eigenvalue weighted by atomic mass is 10.3. The SMILES string of the molecule is CC(=N/Nc1ccccc1)/C(N)=C/OC1(OOc2c(N)c(C)nn2-c2ccccc2)Nc2cc(S(O)(O)NCCCOC(C)C)ccc2O1. The Hall–Kier alpha value is -4.97. The van der Waals surface area contributed by atoms with E-state index in [1.165, 1.54) is 23.1 Å². The van der Waals surface area contributed by atoms with Crippen LogP contribution in [0.4, 0.5) is 17.1 Å². The summed E-state index contributed by atoms with van der Waals surface area (Å²) in [5.74, 6) is 0.326. The quantitative estimate of drug-likeness (QED) is 0.0182. The molecule has 1 aliphatic heterocycles. The predicted molar refractivity (Wildman–Crippen MR) is 189 cm³/mol. The van der Waals surface area contributed by atoms with Gasteiger partial charge in [-0.25, -0.2) is 4.72 Å². The van der Waals surface area contributed by atoms with E-state index < -0.39 is 16.9 Å². The second kappa shape index (κ2) is 15.5. The lowest BCUT2D eigenvalue weighted by Gasteiger charge is -2.33. The first-order chi connectivity index (χ1) is 23.5. The smallest absolute Gasteiger partial charge is 0.416 e. The second-order valence-corrected chi connectivity index (χ2v) is 13.1.